The molecule has 0 bridgehead atoms. The first kappa shape index (κ1) is 23.5. The number of nitrogens with one attached hydrogen (secondary N) is 2. The first-order chi connectivity index (χ1) is 14.4. The Morgan fingerprint density at radius 1 is 1.27 bits per heavy atom. The molecule has 1 heterocycles. The highest BCUT2D eigenvalue weighted by Gasteiger charge is 2.20. The molecule has 0 radical (unpaired) electrons. The SMILES string of the molecule is CCOCCCNC(=NCc1cc2c(cc1OC(F)F)OCO2)NCC(=O)N(C)C. The molecule has 0 saturated heterocycles. The second kappa shape index (κ2) is 12.0. The number of benzene rings is 1. The van der Waals surface area contributed by atoms with Gasteiger partial charge in [-0.15, -0.1) is 0 Å². The fraction of sp³-hybridized carbons (Fsp3) is 0.579. The third-order valence-corrected chi connectivity index (χ3v) is 4.05. The molecule has 2 rings (SSSR count). The molecule has 0 aliphatic carbocycles. The van der Waals surface area contributed by atoms with Crippen molar-refractivity contribution in [1.29, 1.82) is 0 Å². The van der Waals surface area contributed by atoms with Gasteiger partial charge in [0.05, 0.1) is 13.1 Å². The Morgan fingerprint density at radius 2 is 2.00 bits per heavy atom. The van der Waals surface area contributed by atoms with Crippen LogP contribution in [0.25, 0.3) is 0 Å². The molecular weight excluding hydrogens is 402 g/mol. The molecule has 2 N–H and O–H groups in total. The van der Waals surface area contributed by atoms with Crippen LogP contribution in [-0.2, 0) is 16.1 Å². The third kappa shape index (κ3) is 7.54. The summed E-state index contributed by atoms with van der Waals surface area (Å²) in [5, 5.41) is 6.04. The van der Waals surface area contributed by atoms with Crippen molar-refractivity contribution in [1.82, 2.24) is 15.5 Å². The minimum Gasteiger partial charge on any atom is -0.454 e. The van der Waals surface area contributed by atoms with Crippen LogP contribution in [0.5, 0.6) is 17.2 Å². The Balaban J connectivity index is 2.10. The predicted octanol–water partition coefficient (Wildman–Crippen LogP) is 1.57. The van der Waals surface area contributed by atoms with Gasteiger partial charge in [-0.2, -0.15) is 8.78 Å². The summed E-state index contributed by atoms with van der Waals surface area (Å²) in [6.07, 6.45) is 0.736. The van der Waals surface area contributed by atoms with Crippen LogP contribution in [0.1, 0.15) is 18.9 Å². The standard InChI is InChI=1S/C19H28F2N4O5/c1-4-27-7-5-6-22-19(24-11-17(26)25(2)3)23-10-13-8-15-16(29-12-28-15)9-14(13)30-18(20)21/h8-9,18H,4-7,10-12H2,1-3H3,(H2,22,23,24). The third-order valence-electron chi connectivity index (χ3n) is 4.05. The van der Waals surface area contributed by atoms with E-state index in [1.54, 1.807) is 20.2 Å². The summed E-state index contributed by atoms with van der Waals surface area (Å²) in [5.41, 5.74) is 0.397. The van der Waals surface area contributed by atoms with Crippen molar-refractivity contribution in [2.24, 2.45) is 4.99 Å². The van der Waals surface area contributed by atoms with Crippen LogP contribution in [0.4, 0.5) is 8.78 Å². The molecule has 1 aliphatic rings. The van der Waals surface area contributed by atoms with Gasteiger partial charge in [-0.05, 0) is 19.4 Å². The molecule has 11 heteroatoms. The van der Waals surface area contributed by atoms with E-state index in [1.807, 2.05) is 6.92 Å². The quantitative estimate of drug-likeness (QED) is 0.313. The Labute approximate surface area is 174 Å². The minimum atomic E-state index is -2.99. The lowest BCUT2D eigenvalue weighted by molar-refractivity contribution is -0.127. The van der Waals surface area contributed by atoms with Crippen LogP contribution >= 0.6 is 0 Å². The Kier molecular flexibility index (Phi) is 9.39. The zero-order valence-electron chi connectivity index (χ0n) is 17.4. The summed E-state index contributed by atoms with van der Waals surface area (Å²) >= 11 is 0. The van der Waals surface area contributed by atoms with Crippen molar-refractivity contribution >= 4 is 11.9 Å². The number of hydrogen-bond donors (Lipinski definition) is 2. The monoisotopic (exact) mass is 430 g/mol. The fourth-order valence-electron chi connectivity index (χ4n) is 2.48. The lowest BCUT2D eigenvalue weighted by atomic mass is 10.1. The summed E-state index contributed by atoms with van der Waals surface area (Å²) in [6.45, 7) is 0.775. The van der Waals surface area contributed by atoms with Crippen molar-refractivity contribution in [3.8, 4) is 17.2 Å². The molecule has 0 aromatic heterocycles. The summed E-state index contributed by atoms with van der Waals surface area (Å²) in [6, 6.07) is 2.92. The number of carbonyl (C=O) groups excluding carboxylic acids is 1. The number of carbonyl (C=O) groups is 1. The lowest BCUT2D eigenvalue weighted by Gasteiger charge is -2.16. The van der Waals surface area contributed by atoms with Gasteiger partial charge in [0.2, 0.25) is 12.7 Å². The van der Waals surface area contributed by atoms with E-state index in [4.69, 9.17) is 14.2 Å². The van der Waals surface area contributed by atoms with Crippen LogP contribution in [0.3, 0.4) is 0 Å². The van der Waals surface area contributed by atoms with Crippen LogP contribution in [0, 0.1) is 0 Å². The molecule has 0 atom stereocenters. The number of hydrogen-bond acceptors (Lipinski definition) is 6. The Bertz CT molecular complexity index is 731. The molecule has 1 aromatic carbocycles. The average molecular weight is 430 g/mol. The minimum absolute atomic E-state index is 0.0109. The number of fused-ring (bicyclic) bond motifs is 1. The fourth-order valence-corrected chi connectivity index (χ4v) is 2.48. The Hall–Kier alpha value is -2.82. The molecule has 0 spiro atoms. The van der Waals surface area contributed by atoms with Gasteiger partial charge >= 0.3 is 6.61 Å². The second-order valence-electron chi connectivity index (χ2n) is 6.48. The van der Waals surface area contributed by atoms with Crippen LogP contribution in [0.2, 0.25) is 0 Å². The van der Waals surface area contributed by atoms with E-state index in [0.717, 1.165) is 6.42 Å². The smallest absolute Gasteiger partial charge is 0.387 e. The maximum Gasteiger partial charge on any atom is 0.387 e. The van der Waals surface area contributed by atoms with E-state index in [-0.39, 0.29) is 31.5 Å². The van der Waals surface area contributed by atoms with Gasteiger partial charge in [0.15, 0.2) is 17.5 Å². The summed E-state index contributed by atoms with van der Waals surface area (Å²) in [5.74, 6) is 0.954. The van der Waals surface area contributed by atoms with Gasteiger partial charge in [-0.3, -0.25) is 4.79 Å². The number of amides is 1. The molecular formula is C19H28F2N4O5. The van der Waals surface area contributed by atoms with Crippen molar-refractivity contribution < 1.29 is 32.5 Å². The number of likely N-dealkylation sites (N-methyl/N-ethyl adjacent to an activating group) is 1. The number of nitrogens with zero attached hydrogens (tertiary/aromatic N) is 2. The summed E-state index contributed by atoms with van der Waals surface area (Å²) in [7, 11) is 3.30. The van der Waals surface area contributed by atoms with Crippen molar-refractivity contribution in [3.63, 3.8) is 0 Å². The zero-order valence-corrected chi connectivity index (χ0v) is 17.4. The van der Waals surface area contributed by atoms with Crippen LogP contribution in [-0.4, -0.2) is 70.6 Å². The van der Waals surface area contributed by atoms with Crippen molar-refractivity contribution in [2.45, 2.75) is 26.5 Å². The molecule has 0 unspecified atom stereocenters. The maximum atomic E-state index is 12.8. The molecule has 0 fully saturated rings. The average Bonchev–Trinajstić information content (AvgIpc) is 3.15. The largest absolute Gasteiger partial charge is 0.454 e. The maximum absolute atomic E-state index is 12.8. The first-order valence-electron chi connectivity index (χ1n) is 9.58. The number of halogens is 2. The van der Waals surface area contributed by atoms with Crippen molar-refractivity contribution in [2.75, 3.05) is 47.2 Å². The van der Waals surface area contributed by atoms with E-state index >= 15 is 0 Å². The highest BCUT2D eigenvalue weighted by Crippen LogP contribution is 2.39. The number of alkyl halides is 2. The van der Waals surface area contributed by atoms with E-state index < -0.39 is 6.61 Å². The highest BCUT2D eigenvalue weighted by atomic mass is 19.3. The van der Waals surface area contributed by atoms with E-state index in [0.29, 0.717) is 42.8 Å². The summed E-state index contributed by atoms with van der Waals surface area (Å²) < 4.78 is 46.0. The Morgan fingerprint density at radius 3 is 2.67 bits per heavy atom. The van der Waals surface area contributed by atoms with E-state index in [9.17, 15) is 13.6 Å². The van der Waals surface area contributed by atoms with Gasteiger partial charge in [0, 0.05) is 45.5 Å². The second-order valence-corrected chi connectivity index (χ2v) is 6.48. The molecule has 0 saturated carbocycles. The van der Waals surface area contributed by atoms with Gasteiger partial charge in [0.1, 0.15) is 5.75 Å². The van der Waals surface area contributed by atoms with Crippen LogP contribution in [0.15, 0.2) is 17.1 Å². The van der Waals surface area contributed by atoms with Crippen LogP contribution < -0.4 is 24.8 Å². The topological polar surface area (TPSA) is 93.6 Å². The molecule has 30 heavy (non-hydrogen) atoms. The number of rotatable bonds is 11. The number of guanidine groups is 1. The number of aliphatic imine (C=N–C) groups is 1. The molecule has 1 aliphatic heterocycles. The van der Waals surface area contributed by atoms with Gasteiger partial charge < -0.3 is 34.5 Å². The van der Waals surface area contributed by atoms with Crippen molar-refractivity contribution in [3.05, 3.63) is 17.7 Å². The van der Waals surface area contributed by atoms with Gasteiger partial charge in [-0.1, -0.05) is 0 Å². The van der Waals surface area contributed by atoms with Gasteiger partial charge in [-0.25, -0.2) is 4.99 Å². The molecule has 9 nitrogen and oxygen atoms in total. The lowest BCUT2D eigenvalue weighted by Crippen LogP contribution is -2.43. The summed E-state index contributed by atoms with van der Waals surface area (Å²) in [4.78, 5) is 17.7. The van der Waals surface area contributed by atoms with E-state index in [1.165, 1.54) is 11.0 Å². The molecule has 1 aromatic rings. The molecule has 168 valence electrons. The van der Waals surface area contributed by atoms with E-state index in [2.05, 4.69) is 20.4 Å². The molecule has 1 amide bonds. The predicted molar refractivity (Wildman–Crippen MR) is 106 cm³/mol. The number of ether oxygens (including phenoxy) is 4. The zero-order chi connectivity index (χ0) is 21.9. The highest BCUT2D eigenvalue weighted by molar-refractivity contribution is 5.86. The normalized spacial score (nSPS) is 12.8. The first-order valence-corrected chi connectivity index (χ1v) is 9.58. The van der Waals surface area contributed by atoms with Gasteiger partial charge in [0.25, 0.3) is 0 Å².